The first kappa shape index (κ1) is 8.26. The minimum atomic E-state index is -0.793. The molecule has 4 heteroatoms. The molecule has 0 N–H and O–H groups in total. The lowest BCUT2D eigenvalue weighted by Crippen LogP contribution is -2.53. The second-order valence-electron chi connectivity index (χ2n) is 4.53. The Morgan fingerprint density at radius 3 is 2.79 bits per heavy atom. The summed E-state index contributed by atoms with van der Waals surface area (Å²) in [5.41, 5.74) is -0.793. The molecule has 3 atom stereocenters. The molecule has 3 fully saturated rings. The third-order valence-electron chi connectivity index (χ3n) is 3.85. The fraction of sp³-hybridized carbons (Fsp3) is 0.800. The van der Waals surface area contributed by atoms with Gasteiger partial charge in [0.15, 0.2) is 12.2 Å². The zero-order valence-electron chi connectivity index (χ0n) is 7.82. The summed E-state index contributed by atoms with van der Waals surface area (Å²) in [4.78, 5) is 22.8. The maximum Gasteiger partial charge on any atom is 0.509 e. The van der Waals surface area contributed by atoms with Crippen LogP contribution in [0.4, 0.5) is 4.79 Å². The summed E-state index contributed by atoms with van der Waals surface area (Å²) in [5.74, 6) is 0.798. The van der Waals surface area contributed by atoms with E-state index in [1.165, 1.54) is 6.42 Å². The topological polar surface area (TPSA) is 52.6 Å². The van der Waals surface area contributed by atoms with E-state index in [2.05, 4.69) is 4.74 Å². The number of carbonyl (C=O) groups excluding carboxylic acids is 2. The Morgan fingerprint density at radius 2 is 2.14 bits per heavy atom. The molecule has 3 rings (SSSR count). The van der Waals surface area contributed by atoms with Gasteiger partial charge in [0.1, 0.15) is 0 Å². The monoisotopic (exact) mass is 196 g/mol. The van der Waals surface area contributed by atoms with E-state index in [0.717, 1.165) is 19.3 Å². The summed E-state index contributed by atoms with van der Waals surface area (Å²) in [6.45, 7) is -0.0952. The average molecular weight is 196 g/mol. The zero-order chi connectivity index (χ0) is 9.76. The average Bonchev–Trinajstić information content (AvgIpc) is 2.72. The van der Waals surface area contributed by atoms with Gasteiger partial charge in [0, 0.05) is 5.92 Å². The van der Waals surface area contributed by atoms with Crippen molar-refractivity contribution in [2.45, 2.75) is 31.3 Å². The van der Waals surface area contributed by atoms with Gasteiger partial charge in [0.2, 0.25) is 5.78 Å². The van der Waals surface area contributed by atoms with Crippen LogP contribution in [-0.4, -0.2) is 24.1 Å². The molecule has 1 heterocycles. The number of Topliss-reactive ketones (excluding diaryl/α,β-unsaturated/α-hetero) is 1. The van der Waals surface area contributed by atoms with Crippen LogP contribution >= 0.6 is 0 Å². The van der Waals surface area contributed by atoms with Crippen molar-refractivity contribution in [3.8, 4) is 0 Å². The van der Waals surface area contributed by atoms with Gasteiger partial charge in [-0.25, -0.2) is 4.79 Å². The van der Waals surface area contributed by atoms with E-state index in [1.807, 2.05) is 0 Å². The molecular weight excluding hydrogens is 184 g/mol. The van der Waals surface area contributed by atoms with Crippen LogP contribution in [0.1, 0.15) is 25.7 Å². The molecule has 2 bridgehead atoms. The van der Waals surface area contributed by atoms with Crippen LogP contribution in [0.15, 0.2) is 0 Å². The molecule has 4 nitrogen and oxygen atoms in total. The lowest BCUT2D eigenvalue weighted by atomic mass is 9.80. The Labute approximate surface area is 81.6 Å². The Balaban J connectivity index is 1.94. The summed E-state index contributed by atoms with van der Waals surface area (Å²) in [6.07, 6.45) is 3.30. The number of hydrogen-bond acceptors (Lipinski definition) is 4. The number of carbonyl (C=O) groups is 2. The fourth-order valence-electron chi connectivity index (χ4n) is 3.23. The predicted octanol–water partition coefficient (Wildman–Crippen LogP) is 1.28. The van der Waals surface area contributed by atoms with Crippen LogP contribution in [-0.2, 0) is 14.3 Å². The molecule has 1 saturated heterocycles. The minimum absolute atomic E-state index is 0.0377. The molecule has 2 saturated carbocycles. The van der Waals surface area contributed by atoms with E-state index in [9.17, 15) is 9.59 Å². The first-order chi connectivity index (χ1) is 6.71. The van der Waals surface area contributed by atoms with E-state index in [-0.39, 0.29) is 18.3 Å². The molecule has 0 radical (unpaired) electrons. The Morgan fingerprint density at radius 1 is 1.29 bits per heavy atom. The van der Waals surface area contributed by atoms with Crippen molar-refractivity contribution in [1.29, 1.82) is 0 Å². The van der Waals surface area contributed by atoms with Gasteiger partial charge in [-0.05, 0) is 31.6 Å². The van der Waals surface area contributed by atoms with E-state index >= 15 is 0 Å². The Bertz CT molecular complexity index is 311. The predicted molar refractivity (Wildman–Crippen MR) is 45.6 cm³/mol. The van der Waals surface area contributed by atoms with E-state index in [1.54, 1.807) is 0 Å². The van der Waals surface area contributed by atoms with Gasteiger partial charge >= 0.3 is 6.16 Å². The molecule has 14 heavy (non-hydrogen) atoms. The normalized spacial score (nSPS) is 45.4. The Kier molecular flexibility index (Phi) is 1.47. The summed E-state index contributed by atoms with van der Waals surface area (Å²) >= 11 is 0. The van der Waals surface area contributed by atoms with Crippen LogP contribution in [0.3, 0.4) is 0 Å². The smallest absolute Gasteiger partial charge is 0.426 e. The van der Waals surface area contributed by atoms with Crippen LogP contribution in [0.2, 0.25) is 0 Å². The van der Waals surface area contributed by atoms with Crippen LogP contribution in [0.25, 0.3) is 0 Å². The maximum atomic E-state index is 11.8. The Hall–Kier alpha value is -1.06. The molecule has 76 valence electrons. The van der Waals surface area contributed by atoms with Crippen molar-refractivity contribution >= 4 is 11.9 Å². The van der Waals surface area contributed by atoms with Crippen molar-refractivity contribution in [2.24, 2.45) is 11.8 Å². The highest BCUT2D eigenvalue weighted by molar-refractivity contribution is 5.94. The first-order valence-corrected chi connectivity index (χ1v) is 5.10. The van der Waals surface area contributed by atoms with Gasteiger partial charge in [-0.3, -0.25) is 4.79 Å². The molecule has 0 aromatic heterocycles. The van der Waals surface area contributed by atoms with E-state index in [4.69, 9.17) is 4.74 Å². The number of rotatable bonds is 0. The number of fused-ring (bicyclic) bond motifs is 3. The molecule has 0 aromatic carbocycles. The summed E-state index contributed by atoms with van der Waals surface area (Å²) in [7, 11) is 0. The fourth-order valence-corrected chi connectivity index (χ4v) is 3.23. The highest BCUT2D eigenvalue weighted by atomic mass is 16.7. The minimum Gasteiger partial charge on any atom is -0.426 e. The van der Waals surface area contributed by atoms with Gasteiger partial charge in [-0.15, -0.1) is 0 Å². The summed E-state index contributed by atoms with van der Waals surface area (Å²) < 4.78 is 9.74. The summed E-state index contributed by atoms with van der Waals surface area (Å²) in [6, 6.07) is 0. The number of cyclic esters (lactones) is 1. The third kappa shape index (κ3) is 0.885. The van der Waals surface area contributed by atoms with Crippen molar-refractivity contribution in [1.82, 2.24) is 0 Å². The van der Waals surface area contributed by atoms with Crippen molar-refractivity contribution in [3.05, 3.63) is 0 Å². The quantitative estimate of drug-likeness (QED) is 0.548. The van der Waals surface area contributed by atoms with Gasteiger partial charge in [-0.2, -0.15) is 0 Å². The molecule has 0 unspecified atom stereocenters. The van der Waals surface area contributed by atoms with Gasteiger partial charge in [-0.1, -0.05) is 0 Å². The van der Waals surface area contributed by atoms with Crippen LogP contribution in [0.5, 0.6) is 0 Å². The van der Waals surface area contributed by atoms with Crippen LogP contribution < -0.4 is 0 Å². The van der Waals surface area contributed by atoms with Crippen molar-refractivity contribution in [3.63, 3.8) is 0 Å². The first-order valence-electron chi connectivity index (χ1n) is 5.10. The third-order valence-corrected chi connectivity index (χ3v) is 3.85. The molecule has 3 aliphatic rings. The molecule has 0 amide bonds. The summed E-state index contributed by atoms with van der Waals surface area (Å²) in [5, 5.41) is 0. The highest BCUT2D eigenvalue weighted by Gasteiger charge is 2.60. The molecule has 1 spiro atoms. The van der Waals surface area contributed by atoms with Crippen molar-refractivity contribution < 1.29 is 19.1 Å². The van der Waals surface area contributed by atoms with E-state index < -0.39 is 11.8 Å². The SMILES string of the molecule is O=C1OCC(=O)[C@]2(C[C@H]3CC[C@H]2C3)O1. The molecule has 1 aliphatic heterocycles. The standard InChI is InChI=1S/C10H12O4/c11-8-5-13-9(12)14-10(8)4-6-1-2-7(10)3-6/h6-7H,1-5H2/t6-,7-,10+/m0/s1. The van der Waals surface area contributed by atoms with Crippen molar-refractivity contribution in [2.75, 3.05) is 6.61 Å². The van der Waals surface area contributed by atoms with Gasteiger partial charge < -0.3 is 9.47 Å². The second kappa shape index (κ2) is 2.49. The lowest BCUT2D eigenvalue weighted by molar-refractivity contribution is -0.161. The molecule has 0 aromatic rings. The number of hydrogen-bond donors (Lipinski definition) is 0. The number of ether oxygens (including phenoxy) is 2. The molecule has 2 aliphatic carbocycles. The van der Waals surface area contributed by atoms with E-state index in [0.29, 0.717) is 5.92 Å². The van der Waals surface area contributed by atoms with Crippen LogP contribution in [0, 0.1) is 11.8 Å². The second-order valence-corrected chi connectivity index (χ2v) is 4.53. The largest absolute Gasteiger partial charge is 0.509 e. The lowest BCUT2D eigenvalue weighted by Gasteiger charge is -2.37. The van der Waals surface area contributed by atoms with Gasteiger partial charge in [0.05, 0.1) is 0 Å². The maximum absolute atomic E-state index is 11.8. The zero-order valence-corrected chi connectivity index (χ0v) is 7.82. The number of ketones is 1. The highest BCUT2D eigenvalue weighted by Crippen LogP contribution is 2.53. The molecular formula is C10H12O4. The van der Waals surface area contributed by atoms with Gasteiger partial charge in [0.25, 0.3) is 0 Å².